The van der Waals surface area contributed by atoms with Gasteiger partial charge >= 0.3 is 0 Å². The van der Waals surface area contributed by atoms with Crippen molar-refractivity contribution >= 4 is 40.1 Å². The SMILES string of the molecule is Cc1nc(N(C2CC2)C2CC2)c2onc(-c3ccc(Cl)cc3Cl)c2n1. The predicted molar refractivity (Wildman–Crippen MR) is 98.3 cm³/mol. The number of aryl methyl sites for hydroxylation is 1. The number of hydrogen-bond donors (Lipinski definition) is 0. The number of benzene rings is 1. The largest absolute Gasteiger partial charge is 0.350 e. The Balaban J connectivity index is 1.70. The lowest BCUT2D eigenvalue weighted by atomic mass is 10.1. The highest BCUT2D eigenvalue weighted by atomic mass is 35.5. The minimum Gasteiger partial charge on any atom is -0.350 e. The van der Waals surface area contributed by atoms with Crippen LogP contribution in [0.2, 0.25) is 10.0 Å². The van der Waals surface area contributed by atoms with E-state index in [0.717, 1.165) is 11.4 Å². The van der Waals surface area contributed by atoms with Gasteiger partial charge in [-0.05, 0) is 50.8 Å². The number of fused-ring (bicyclic) bond motifs is 1. The van der Waals surface area contributed by atoms with Crippen molar-refractivity contribution in [2.24, 2.45) is 0 Å². The molecule has 0 unspecified atom stereocenters. The van der Waals surface area contributed by atoms with Crippen LogP contribution >= 0.6 is 23.2 Å². The van der Waals surface area contributed by atoms with Crippen molar-refractivity contribution in [2.45, 2.75) is 44.7 Å². The third-order valence-corrected chi connectivity index (χ3v) is 5.27. The standard InChI is InChI=1S/C18H16Cl2N4O/c1-9-21-16-15(13-7-2-10(19)8-14(13)20)23-25-17(16)18(22-9)24(11-3-4-11)12-5-6-12/h2,7-8,11-12H,3-6H2,1H3. The first-order valence-corrected chi connectivity index (χ1v) is 9.25. The minimum absolute atomic E-state index is 0.529. The number of anilines is 1. The molecule has 2 saturated carbocycles. The van der Waals surface area contributed by atoms with Crippen molar-refractivity contribution in [2.75, 3.05) is 4.90 Å². The van der Waals surface area contributed by atoms with Crippen molar-refractivity contribution < 1.29 is 4.52 Å². The quantitative estimate of drug-likeness (QED) is 0.640. The maximum absolute atomic E-state index is 6.36. The van der Waals surface area contributed by atoms with Crippen molar-refractivity contribution in [1.29, 1.82) is 0 Å². The summed E-state index contributed by atoms with van der Waals surface area (Å²) in [7, 11) is 0. The molecule has 2 fully saturated rings. The molecule has 5 rings (SSSR count). The summed E-state index contributed by atoms with van der Waals surface area (Å²) in [5.41, 5.74) is 2.75. The Morgan fingerprint density at radius 2 is 1.80 bits per heavy atom. The van der Waals surface area contributed by atoms with E-state index in [1.807, 2.05) is 13.0 Å². The van der Waals surface area contributed by atoms with Crippen LogP contribution in [0, 0.1) is 6.92 Å². The zero-order valence-electron chi connectivity index (χ0n) is 13.7. The lowest BCUT2D eigenvalue weighted by molar-refractivity contribution is 0.457. The summed E-state index contributed by atoms with van der Waals surface area (Å²) in [5, 5.41) is 5.38. The van der Waals surface area contributed by atoms with Crippen LogP contribution in [0.1, 0.15) is 31.5 Å². The average molecular weight is 375 g/mol. The Labute approximate surface area is 154 Å². The molecule has 7 heteroatoms. The zero-order chi connectivity index (χ0) is 17.1. The van der Waals surface area contributed by atoms with Gasteiger partial charge in [-0.25, -0.2) is 9.97 Å². The highest BCUT2D eigenvalue weighted by Crippen LogP contribution is 2.43. The van der Waals surface area contributed by atoms with Gasteiger partial charge < -0.3 is 9.42 Å². The molecular formula is C18H16Cl2N4O. The first-order chi connectivity index (χ1) is 12.1. The van der Waals surface area contributed by atoms with Crippen LogP contribution in [0.15, 0.2) is 22.7 Å². The monoisotopic (exact) mass is 374 g/mol. The summed E-state index contributed by atoms with van der Waals surface area (Å²) in [5.74, 6) is 1.58. The van der Waals surface area contributed by atoms with Gasteiger partial charge in [0.05, 0.1) is 5.02 Å². The summed E-state index contributed by atoms with van der Waals surface area (Å²) in [4.78, 5) is 11.7. The van der Waals surface area contributed by atoms with Crippen molar-refractivity contribution in [1.82, 2.24) is 15.1 Å². The van der Waals surface area contributed by atoms with Crippen LogP contribution in [0.4, 0.5) is 5.82 Å². The average Bonchev–Trinajstić information content (AvgIpc) is 3.48. The number of hydrogen-bond acceptors (Lipinski definition) is 5. The fourth-order valence-corrected chi connectivity index (χ4v) is 3.81. The lowest BCUT2D eigenvalue weighted by Crippen LogP contribution is -2.29. The summed E-state index contributed by atoms with van der Waals surface area (Å²) in [6.07, 6.45) is 4.85. The molecule has 5 nitrogen and oxygen atoms in total. The van der Waals surface area contributed by atoms with E-state index < -0.39 is 0 Å². The summed E-state index contributed by atoms with van der Waals surface area (Å²) in [6, 6.07) is 6.47. The Bertz CT molecular complexity index is 967. The van der Waals surface area contributed by atoms with Crippen molar-refractivity contribution in [3.63, 3.8) is 0 Å². The second-order valence-corrected chi connectivity index (χ2v) is 7.64. The van der Waals surface area contributed by atoms with Gasteiger partial charge in [0.1, 0.15) is 17.0 Å². The van der Waals surface area contributed by atoms with Crippen molar-refractivity contribution in [3.8, 4) is 11.3 Å². The third kappa shape index (κ3) is 2.66. The maximum atomic E-state index is 6.36. The van der Waals surface area contributed by atoms with Crippen molar-refractivity contribution in [3.05, 3.63) is 34.1 Å². The minimum atomic E-state index is 0.529. The molecule has 1 aromatic carbocycles. The molecule has 25 heavy (non-hydrogen) atoms. The van der Waals surface area contributed by atoms with Gasteiger partial charge in [-0.1, -0.05) is 28.4 Å². The van der Waals surface area contributed by atoms with Gasteiger partial charge in [0.15, 0.2) is 5.82 Å². The molecule has 0 spiro atoms. The van der Waals surface area contributed by atoms with Gasteiger partial charge in [-0.2, -0.15) is 0 Å². The highest BCUT2D eigenvalue weighted by molar-refractivity contribution is 6.36. The van der Waals surface area contributed by atoms with E-state index >= 15 is 0 Å². The van der Waals surface area contributed by atoms with Crippen LogP contribution in [0.5, 0.6) is 0 Å². The fourth-order valence-electron chi connectivity index (χ4n) is 3.31. The van der Waals surface area contributed by atoms with E-state index in [9.17, 15) is 0 Å². The van der Waals surface area contributed by atoms with Gasteiger partial charge in [0.25, 0.3) is 0 Å². The smallest absolute Gasteiger partial charge is 0.228 e. The second kappa shape index (κ2) is 5.58. The number of nitrogens with zero attached hydrogens (tertiary/aromatic N) is 4. The molecule has 2 aliphatic rings. The van der Waals surface area contributed by atoms with Crippen LogP contribution in [-0.4, -0.2) is 27.2 Å². The van der Waals surface area contributed by atoms with Gasteiger partial charge in [0.2, 0.25) is 5.58 Å². The van der Waals surface area contributed by atoms with Gasteiger partial charge in [-0.3, -0.25) is 0 Å². The first kappa shape index (κ1) is 15.4. The van der Waals surface area contributed by atoms with Crippen LogP contribution in [0.3, 0.4) is 0 Å². The fraction of sp³-hybridized carbons (Fsp3) is 0.389. The molecule has 0 atom stereocenters. The Morgan fingerprint density at radius 3 is 2.44 bits per heavy atom. The summed E-state index contributed by atoms with van der Waals surface area (Å²) in [6.45, 7) is 1.90. The number of aromatic nitrogens is 3. The molecular weight excluding hydrogens is 359 g/mol. The predicted octanol–water partition coefficient (Wildman–Crippen LogP) is 5.03. The molecule has 0 radical (unpaired) electrons. The van der Waals surface area contributed by atoms with E-state index in [-0.39, 0.29) is 0 Å². The first-order valence-electron chi connectivity index (χ1n) is 8.49. The highest BCUT2D eigenvalue weighted by Gasteiger charge is 2.41. The van der Waals surface area contributed by atoms with E-state index in [2.05, 4.69) is 15.0 Å². The summed E-state index contributed by atoms with van der Waals surface area (Å²) >= 11 is 12.4. The topological polar surface area (TPSA) is 55.1 Å². The zero-order valence-corrected chi connectivity index (χ0v) is 15.2. The Hall–Kier alpha value is -1.85. The second-order valence-electron chi connectivity index (χ2n) is 6.80. The molecule has 3 aromatic rings. The molecule has 2 heterocycles. The van der Waals surface area contributed by atoms with Crippen LogP contribution in [0.25, 0.3) is 22.4 Å². The molecule has 0 saturated heterocycles. The molecule has 2 aliphatic carbocycles. The molecule has 0 bridgehead atoms. The third-order valence-electron chi connectivity index (χ3n) is 4.72. The van der Waals surface area contributed by atoms with E-state index in [0.29, 0.717) is 44.7 Å². The maximum Gasteiger partial charge on any atom is 0.228 e. The van der Waals surface area contributed by atoms with Crippen LogP contribution in [-0.2, 0) is 0 Å². The molecule has 0 amide bonds. The molecule has 2 aromatic heterocycles. The number of rotatable bonds is 4. The molecule has 128 valence electrons. The van der Waals surface area contributed by atoms with Crippen LogP contribution < -0.4 is 4.90 Å². The normalized spacial score (nSPS) is 17.2. The van der Waals surface area contributed by atoms with E-state index in [1.165, 1.54) is 25.7 Å². The van der Waals surface area contributed by atoms with E-state index in [4.69, 9.17) is 32.7 Å². The van der Waals surface area contributed by atoms with Gasteiger partial charge in [-0.15, -0.1) is 0 Å². The van der Waals surface area contributed by atoms with Gasteiger partial charge in [0, 0.05) is 22.7 Å². The Morgan fingerprint density at radius 1 is 1.08 bits per heavy atom. The lowest BCUT2D eigenvalue weighted by Gasteiger charge is -2.23. The molecule has 0 N–H and O–H groups in total. The molecule has 0 aliphatic heterocycles. The van der Waals surface area contributed by atoms with E-state index in [1.54, 1.807) is 12.1 Å². The number of halogens is 2. The summed E-state index contributed by atoms with van der Waals surface area (Å²) < 4.78 is 5.70. The Kier molecular flexibility index (Phi) is 3.44.